The zero-order chi connectivity index (χ0) is 24.8. The molecule has 3 heterocycles. The zero-order valence-corrected chi connectivity index (χ0v) is 20.2. The highest BCUT2D eigenvalue weighted by molar-refractivity contribution is 5.70. The fraction of sp³-hybridized carbons (Fsp3) is 0.565. The van der Waals surface area contributed by atoms with Gasteiger partial charge >= 0.3 is 5.97 Å². The van der Waals surface area contributed by atoms with E-state index in [0.717, 1.165) is 25.0 Å². The molecule has 0 bridgehead atoms. The number of hydrogen-bond acceptors (Lipinski definition) is 10. The Kier molecular flexibility index (Phi) is 7.91. The maximum atomic E-state index is 11.3. The van der Waals surface area contributed by atoms with Crippen LogP contribution in [-0.4, -0.2) is 61.0 Å². The summed E-state index contributed by atoms with van der Waals surface area (Å²) in [7, 11) is 3.47. The first-order chi connectivity index (χ1) is 16.9. The van der Waals surface area contributed by atoms with Gasteiger partial charge in [-0.3, -0.25) is 4.79 Å². The van der Waals surface area contributed by atoms with E-state index in [4.69, 9.17) is 19.0 Å². The second-order valence-corrected chi connectivity index (χ2v) is 8.69. The lowest BCUT2D eigenvalue weighted by atomic mass is 9.87. The van der Waals surface area contributed by atoms with Crippen LogP contribution in [0.5, 0.6) is 5.75 Å². The van der Waals surface area contributed by atoms with Crippen molar-refractivity contribution in [2.75, 3.05) is 19.0 Å². The number of nitrogens with one attached hydrogen (secondary N) is 1. The van der Waals surface area contributed by atoms with Gasteiger partial charge in [0.25, 0.3) is 5.95 Å². The first-order valence-electron chi connectivity index (χ1n) is 11.8. The molecule has 4 rings (SSSR count). The second kappa shape index (κ2) is 11.3. The molecule has 2 atom stereocenters. The van der Waals surface area contributed by atoms with Crippen molar-refractivity contribution >= 4 is 11.9 Å². The van der Waals surface area contributed by atoms with Crippen molar-refractivity contribution in [3.63, 3.8) is 0 Å². The van der Waals surface area contributed by atoms with Gasteiger partial charge in [0.1, 0.15) is 11.4 Å². The number of nitrogens with zero attached hydrogens (tertiary/aromatic N) is 6. The van der Waals surface area contributed by atoms with E-state index in [0.29, 0.717) is 67.1 Å². The molecular weight excluding hydrogens is 454 g/mol. The molecule has 12 nitrogen and oxygen atoms in total. The van der Waals surface area contributed by atoms with Crippen LogP contribution in [0.15, 0.2) is 16.7 Å². The van der Waals surface area contributed by atoms with E-state index in [1.54, 1.807) is 11.8 Å². The monoisotopic (exact) mass is 485 g/mol. The lowest BCUT2D eigenvalue weighted by Crippen LogP contribution is -2.29. The molecule has 0 radical (unpaired) electrons. The van der Waals surface area contributed by atoms with E-state index in [9.17, 15) is 9.90 Å². The van der Waals surface area contributed by atoms with E-state index in [2.05, 4.69) is 25.8 Å². The normalized spacial score (nSPS) is 17.9. The number of aryl methyl sites for hydroxylation is 3. The van der Waals surface area contributed by atoms with Gasteiger partial charge in [-0.05, 0) is 56.3 Å². The van der Waals surface area contributed by atoms with Gasteiger partial charge in [-0.1, -0.05) is 5.21 Å². The maximum absolute atomic E-state index is 11.3. The van der Waals surface area contributed by atoms with E-state index >= 15 is 0 Å². The van der Waals surface area contributed by atoms with E-state index in [1.807, 2.05) is 26.1 Å². The van der Waals surface area contributed by atoms with Crippen LogP contribution in [0.4, 0.5) is 5.95 Å². The number of rotatable bonds is 11. The average molecular weight is 486 g/mol. The molecule has 0 spiro atoms. The molecule has 1 aliphatic rings. The summed E-state index contributed by atoms with van der Waals surface area (Å²) in [6.45, 7) is 2.89. The fourth-order valence-corrected chi connectivity index (χ4v) is 4.19. The number of methoxy groups -OCH3 is 1. The molecule has 1 saturated carbocycles. The second-order valence-electron chi connectivity index (χ2n) is 8.69. The van der Waals surface area contributed by atoms with Crippen LogP contribution >= 0.6 is 0 Å². The van der Waals surface area contributed by atoms with Gasteiger partial charge in [0.15, 0.2) is 0 Å². The van der Waals surface area contributed by atoms with E-state index in [-0.39, 0.29) is 12.0 Å². The van der Waals surface area contributed by atoms with Gasteiger partial charge in [-0.15, -0.1) is 5.10 Å². The third-order valence-corrected chi connectivity index (χ3v) is 6.11. The highest BCUT2D eigenvalue weighted by atomic mass is 16.5. The van der Waals surface area contributed by atoms with Crippen molar-refractivity contribution in [3.8, 4) is 17.1 Å². The highest BCUT2D eigenvalue weighted by Gasteiger charge is 2.28. The Morgan fingerprint density at radius 1 is 1.31 bits per heavy atom. The minimum absolute atomic E-state index is 0.123. The molecule has 3 aromatic heterocycles. The lowest BCUT2D eigenvalue weighted by Gasteiger charge is -2.27. The smallest absolute Gasteiger partial charge is 0.306 e. The van der Waals surface area contributed by atoms with Crippen molar-refractivity contribution in [2.24, 2.45) is 13.0 Å². The van der Waals surface area contributed by atoms with Crippen LogP contribution in [0.1, 0.15) is 49.4 Å². The lowest BCUT2D eigenvalue weighted by molar-refractivity contribution is -0.143. The predicted octanol–water partition coefficient (Wildman–Crippen LogP) is 2.78. The van der Waals surface area contributed by atoms with Crippen molar-refractivity contribution < 1.29 is 23.9 Å². The molecule has 2 N–H and O–H groups in total. The van der Waals surface area contributed by atoms with Crippen molar-refractivity contribution in [3.05, 3.63) is 29.4 Å². The van der Waals surface area contributed by atoms with Crippen LogP contribution in [-0.2, 0) is 29.5 Å². The summed E-state index contributed by atoms with van der Waals surface area (Å²) in [4.78, 5) is 20.4. The minimum atomic E-state index is -0.754. The van der Waals surface area contributed by atoms with Gasteiger partial charge in [0.05, 0.1) is 35.6 Å². The Labute approximate surface area is 203 Å². The number of aliphatic carboxylic acids is 1. The quantitative estimate of drug-likeness (QED) is 0.386. The summed E-state index contributed by atoms with van der Waals surface area (Å²) in [6.07, 6.45) is 4.23. The van der Waals surface area contributed by atoms with Gasteiger partial charge in [0, 0.05) is 27.2 Å². The molecule has 3 aromatic rings. The largest absolute Gasteiger partial charge is 0.489 e. The molecule has 0 unspecified atom stereocenters. The van der Waals surface area contributed by atoms with Crippen molar-refractivity contribution in [1.29, 1.82) is 0 Å². The highest BCUT2D eigenvalue weighted by Crippen LogP contribution is 2.30. The molecule has 1 fully saturated rings. The Morgan fingerprint density at radius 2 is 2.17 bits per heavy atom. The standard InChI is InChI=1S/C23H31N7O5/c1-14-19(34-16-7-4-6-15(12-16)22(31)32)10-9-17(25-14)21-18(30(2)29-27-21)13-24-23-26-20(35-28-23)8-5-11-33-3/h9-10,15-16H,4-8,11-13H2,1-3H3,(H,24,28)(H,31,32)/t15-,16-/m0/s1. The summed E-state index contributed by atoms with van der Waals surface area (Å²) in [5, 5.41) is 24.9. The van der Waals surface area contributed by atoms with Gasteiger partial charge in [-0.25, -0.2) is 9.67 Å². The third-order valence-electron chi connectivity index (χ3n) is 6.11. The molecule has 0 aromatic carbocycles. The summed E-state index contributed by atoms with van der Waals surface area (Å²) >= 11 is 0. The molecule has 12 heteroatoms. The first kappa shape index (κ1) is 24.6. The molecule has 0 amide bonds. The molecular formula is C23H31N7O5. The minimum Gasteiger partial charge on any atom is -0.489 e. The summed E-state index contributed by atoms with van der Waals surface area (Å²) in [5.74, 6) is 0.492. The van der Waals surface area contributed by atoms with Crippen LogP contribution in [0.25, 0.3) is 11.4 Å². The van der Waals surface area contributed by atoms with E-state index in [1.165, 1.54) is 0 Å². The van der Waals surface area contributed by atoms with Crippen molar-refractivity contribution in [2.45, 2.75) is 58.1 Å². The topological polar surface area (TPSA) is 150 Å². The molecule has 0 aliphatic heterocycles. The van der Waals surface area contributed by atoms with Crippen molar-refractivity contribution in [1.82, 2.24) is 30.1 Å². The molecule has 35 heavy (non-hydrogen) atoms. The number of anilines is 1. The Morgan fingerprint density at radius 3 is 2.94 bits per heavy atom. The molecule has 0 saturated heterocycles. The summed E-state index contributed by atoms with van der Waals surface area (Å²) < 4.78 is 18.1. The number of ether oxygens (including phenoxy) is 2. The predicted molar refractivity (Wildman–Crippen MR) is 125 cm³/mol. The maximum Gasteiger partial charge on any atom is 0.306 e. The van der Waals surface area contributed by atoms with Crippen LogP contribution in [0.3, 0.4) is 0 Å². The van der Waals surface area contributed by atoms with Crippen LogP contribution in [0.2, 0.25) is 0 Å². The number of carboxylic acids is 1. The van der Waals surface area contributed by atoms with Gasteiger partial charge < -0.3 is 24.4 Å². The number of hydrogen-bond donors (Lipinski definition) is 2. The first-order valence-corrected chi connectivity index (χ1v) is 11.8. The number of aromatic nitrogens is 6. The molecule has 188 valence electrons. The SMILES string of the molecule is COCCCc1nc(NCc2c(-c3ccc(O[C@H]4CCC[C@H](C(=O)O)C4)c(C)n3)nnn2C)no1. The van der Waals surface area contributed by atoms with Gasteiger partial charge in [0.2, 0.25) is 5.89 Å². The average Bonchev–Trinajstić information content (AvgIpc) is 3.45. The fourth-order valence-electron chi connectivity index (χ4n) is 4.19. The summed E-state index contributed by atoms with van der Waals surface area (Å²) in [5.41, 5.74) is 2.83. The number of carbonyl (C=O) groups is 1. The zero-order valence-electron chi connectivity index (χ0n) is 20.2. The van der Waals surface area contributed by atoms with Crippen LogP contribution in [0, 0.1) is 12.8 Å². The number of pyridine rings is 1. The number of carboxylic acid groups (broad SMARTS) is 1. The Bertz CT molecular complexity index is 1150. The Hall–Kier alpha value is -3.54. The summed E-state index contributed by atoms with van der Waals surface area (Å²) in [6, 6.07) is 3.70. The third kappa shape index (κ3) is 6.13. The Balaban J connectivity index is 1.42. The van der Waals surface area contributed by atoms with Crippen LogP contribution < -0.4 is 10.1 Å². The van der Waals surface area contributed by atoms with E-state index < -0.39 is 5.97 Å². The van der Waals surface area contributed by atoms with Gasteiger partial charge in [-0.2, -0.15) is 4.98 Å². The molecule has 1 aliphatic carbocycles.